The first-order chi connectivity index (χ1) is 14.1. The second kappa shape index (κ2) is 8.82. The van der Waals surface area contributed by atoms with Crippen LogP contribution in [0.3, 0.4) is 0 Å². The first kappa shape index (κ1) is 19.7. The second-order valence-corrected chi connectivity index (χ2v) is 8.36. The summed E-state index contributed by atoms with van der Waals surface area (Å²) in [5.74, 6) is 2.91. The second-order valence-electron chi connectivity index (χ2n) is 8.36. The van der Waals surface area contributed by atoms with Gasteiger partial charge in [-0.05, 0) is 43.5 Å². The number of para-hydroxylation sites is 1. The molecule has 1 fully saturated rings. The molecule has 1 aliphatic rings. The van der Waals surface area contributed by atoms with Gasteiger partial charge in [0, 0.05) is 36.8 Å². The Labute approximate surface area is 172 Å². The molecule has 4 rings (SSSR count). The molecule has 0 radical (unpaired) electrons. The van der Waals surface area contributed by atoms with Crippen molar-refractivity contribution in [3.63, 3.8) is 0 Å². The van der Waals surface area contributed by atoms with Crippen molar-refractivity contribution < 1.29 is 4.74 Å². The number of benzene rings is 1. The predicted molar refractivity (Wildman–Crippen MR) is 117 cm³/mol. The highest BCUT2D eigenvalue weighted by atomic mass is 16.5. The molecule has 0 amide bonds. The largest absolute Gasteiger partial charge is 0.496 e. The topological polar surface area (TPSA) is 66.1 Å². The number of rotatable bonds is 7. The van der Waals surface area contributed by atoms with Gasteiger partial charge in [-0.15, -0.1) is 0 Å². The molecule has 1 atom stereocenters. The number of methoxy groups -OCH3 is 1. The van der Waals surface area contributed by atoms with Crippen molar-refractivity contribution in [3.05, 3.63) is 47.7 Å². The SMILES string of the molecule is COc1ccccc1CNc1n[nH]c2nc([C@H]3CCCN(CC(C)C)C3)ccc12. The summed E-state index contributed by atoms with van der Waals surface area (Å²) in [6.07, 6.45) is 2.45. The molecule has 29 heavy (non-hydrogen) atoms. The number of nitrogens with one attached hydrogen (secondary N) is 2. The van der Waals surface area contributed by atoms with Gasteiger partial charge in [-0.1, -0.05) is 32.0 Å². The van der Waals surface area contributed by atoms with Crippen LogP contribution in [0.2, 0.25) is 0 Å². The molecule has 0 unspecified atom stereocenters. The van der Waals surface area contributed by atoms with Gasteiger partial charge in [0.25, 0.3) is 0 Å². The number of fused-ring (bicyclic) bond motifs is 1. The van der Waals surface area contributed by atoms with Crippen LogP contribution in [0.5, 0.6) is 5.75 Å². The first-order valence-corrected chi connectivity index (χ1v) is 10.6. The molecule has 1 aromatic carbocycles. The lowest BCUT2D eigenvalue weighted by atomic mass is 9.93. The lowest BCUT2D eigenvalue weighted by Crippen LogP contribution is -2.37. The van der Waals surface area contributed by atoms with Gasteiger partial charge in [-0.3, -0.25) is 5.10 Å². The molecule has 0 saturated carbocycles. The molecule has 3 heterocycles. The zero-order valence-corrected chi connectivity index (χ0v) is 17.6. The maximum Gasteiger partial charge on any atom is 0.157 e. The van der Waals surface area contributed by atoms with Crippen molar-refractivity contribution in [1.29, 1.82) is 0 Å². The van der Waals surface area contributed by atoms with E-state index in [1.807, 2.05) is 18.2 Å². The van der Waals surface area contributed by atoms with E-state index in [1.165, 1.54) is 31.6 Å². The lowest BCUT2D eigenvalue weighted by molar-refractivity contribution is 0.186. The first-order valence-electron chi connectivity index (χ1n) is 10.6. The van der Waals surface area contributed by atoms with E-state index in [2.05, 4.69) is 52.5 Å². The van der Waals surface area contributed by atoms with Crippen molar-refractivity contribution in [2.75, 3.05) is 32.1 Å². The molecule has 3 aromatic rings. The maximum absolute atomic E-state index is 5.43. The van der Waals surface area contributed by atoms with Gasteiger partial charge in [-0.2, -0.15) is 5.10 Å². The number of piperidine rings is 1. The highest BCUT2D eigenvalue weighted by Gasteiger charge is 2.23. The van der Waals surface area contributed by atoms with Crippen LogP contribution in [0.15, 0.2) is 36.4 Å². The van der Waals surface area contributed by atoms with Gasteiger partial charge in [-0.25, -0.2) is 4.98 Å². The molecule has 0 spiro atoms. The van der Waals surface area contributed by atoms with Gasteiger partial charge < -0.3 is 15.0 Å². The summed E-state index contributed by atoms with van der Waals surface area (Å²) in [6.45, 7) is 8.70. The van der Waals surface area contributed by atoms with Crippen molar-refractivity contribution in [1.82, 2.24) is 20.1 Å². The van der Waals surface area contributed by atoms with E-state index in [1.54, 1.807) is 7.11 Å². The fourth-order valence-electron chi connectivity index (χ4n) is 4.29. The molecule has 154 valence electrons. The molecule has 1 saturated heterocycles. The third-order valence-electron chi connectivity index (χ3n) is 5.63. The quantitative estimate of drug-likeness (QED) is 0.622. The van der Waals surface area contributed by atoms with Crippen LogP contribution in [0.1, 0.15) is 43.9 Å². The van der Waals surface area contributed by atoms with Crippen molar-refractivity contribution >= 4 is 16.9 Å². The number of H-pyrrole nitrogens is 1. The van der Waals surface area contributed by atoms with Crippen LogP contribution < -0.4 is 10.1 Å². The Hall–Kier alpha value is -2.60. The van der Waals surface area contributed by atoms with Crippen LogP contribution >= 0.6 is 0 Å². The molecule has 0 aliphatic carbocycles. The Kier molecular flexibility index (Phi) is 6.00. The van der Waals surface area contributed by atoms with Gasteiger partial charge in [0.2, 0.25) is 0 Å². The maximum atomic E-state index is 5.43. The average molecular weight is 394 g/mol. The molecular formula is C23H31N5O. The number of hydrogen-bond donors (Lipinski definition) is 2. The number of anilines is 1. The van der Waals surface area contributed by atoms with E-state index in [9.17, 15) is 0 Å². The monoisotopic (exact) mass is 393 g/mol. The van der Waals surface area contributed by atoms with E-state index >= 15 is 0 Å². The minimum absolute atomic E-state index is 0.500. The molecule has 6 nitrogen and oxygen atoms in total. The number of pyridine rings is 1. The zero-order valence-electron chi connectivity index (χ0n) is 17.6. The molecule has 0 bridgehead atoms. The van der Waals surface area contributed by atoms with Crippen LogP contribution in [0, 0.1) is 5.92 Å². The summed E-state index contributed by atoms with van der Waals surface area (Å²) in [7, 11) is 1.70. The fraction of sp³-hybridized carbons (Fsp3) is 0.478. The Morgan fingerprint density at radius 3 is 2.93 bits per heavy atom. The van der Waals surface area contributed by atoms with E-state index < -0.39 is 0 Å². The van der Waals surface area contributed by atoms with Crippen LogP contribution in [0.25, 0.3) is 11.0 Å². The number of aromatic amines is 1. The van der Waals surface area contributed by atoms with E-state index in [-0.39, 0.29) is 0 Å². The van der Waals surface area contributed by atoms with Gasteiger partial charge >= 0.3 is 0 Å². The summed E-state index contributed by atoms with van der Waals surface area (Å²) >= 11 is 0. The average Bonchev–Trinajstić information content (AvgIpc) is 3.14. The van der Waals surface area contributed by atoms with Gasteiger partial charge in [0.05, 0.1) is 12.5 Å². The number of ether oxygens (including phenoxy) is 1. The standard InChI is InChI=1S/C23H31N5O/c1-16(2)14-28-12-6-8-18(15-28)20-11-10-19-22(26-27-23(19)25-20)24-13-17-7-4-5-9-21(17)29-3/h4-5,7,9-11,16,18H,6,8,12-15H2,1-3H3,(H2,24,25,26,27)/t18-/m0/s1. The summed E-state index contributed by atoms with van der Waals surface area (Å²) < 4.78 is 5.43. The predicted octanol–water partition coefficient (Wildman–Crippen LogP) is 4.41. The highest BCUT2D eigenvalue weighted by Crippen LogP contribution is 2.29. The third kappa shape index (κ3) is 4.53. The summed E-state index contributed by atoms with van der Waals surface area (Å²) in [6, 6.07) is 12.3. The Bertz CT molecular complexity index is 951. The molecular weight excluding hydrogens is 362 g/mol. The van der Waals surface area contributed by atoms with Crippen molar-refractivity contribution in [2.24, 2.45) is 5.92 Å². The number of nitrogens with zero attached hydrogens (tertiary/aromatic N) is 3. The minimum Gasteiger partial charge on any atom is -0.496 e. The fourth-order valence-corrected chi connectivity index (χ4v) is 4.29. The normalized spacial score (nSPS) is 17.7. The van der Waals surface area contributed by atoms with E-state index in [0.29, 0.717) is 18.4 Å². The van der Waals surface area contributed by atoms with Crippen molar-refractivity contribution in [2.45, 2.75) is 39.2 Å². The third-order valence-corrected chi connectivity index (χ3v) is 5.63. The van der Waals surface area contributed by atoms with Crippen LogP contribution in [0.4, 0.5) is 5.82 Å². The molecule has 2 aromatic heterocycles. The van der Waals surface area contributed by atoms with E-state index in [0.717, 1.165) is 34.7 Å². The smallest absolute Gasteiger partial charge is 0.157 e. The minimum atomic E-state index is 0.500. The Morgan fingerprint density at radius 2 is 2.10 bits per heavy atom. The highest BCUT2D eigenvalue weighted by molar-refractivity contribution is 5.87. The molecule has 1 aliphatic heterocycles. The van der Waals surface area contributed by atoms with Crippen LogP contribution in [-0.4, -0.2) is 46.8 Å². The van der Waals surface area contributed by atoms with Crippen LogP contribution in [-0.2, 0) is 6.54 Å². The summed E-state index contributed by atoms with van der Waals surface area (Å²) in [4.78, 5) is 7.49. The number of hydrogen-bond acceptors (Lipinski definition) is 5. The number of likely N-dealkylation sites (tertiary alicyclic amines) is 1. The Balaban J connectivity index is 1.47. The van der Waals surface area contributed by atoms with E-state index in [4.69, 9.17) is 9.72 Å². The summed E-state index contributed by atoms with van der Waals surface area (Å²) in [5.41, 5.74) is 3.13. The number of aromatic nitrogens is 3. The van der Waals surface area contributed by atoms with Crippen molar-refractivity contribution in [3.8, 4) is 5.75 Å². The molecule has 6 heteroatoms. The zero-order chi connectivity index (χ0) is 20.2. The summed E-state index contributed by atoms with van der Waals surface area (Å²) in [5, 5.41) is 12.0. The molecule has 2 N–H and O–H groups in total. The lowest BCUT2D eigenvalue weighted by Gasteiger charge is -2.33. The van der Waals surface area contributed by atoms with Gasteiger partial charge in [0.15, 0.2) is 11.5 Å². The Morgan fingerprint density at radius 1 is 1.24 bits per heavy atom. The van der Waals surface area contributed by atoms with Gasteiger partial charge in [0.1, 0.15) is 5.75 Å².